The number of non-ortho nitro benzene ring substituents is 1. The normalized spacial score (nSPS) is 11.1. The number of hydrazone groups is 1. The molecule has 0 bridgehead atoms. The Hall–Kier alpha value is -3.97. The van der Waals surface area contributed by atoms with Crippen LogP contribution >= 0.6 is 11.6 Å². The predicted octanol–water partition coefficient (Wildman–Crippen LogP) is 5.16. The van der Waals surface area contributed by atoms with E-state index in [9.17, 15) is 14.9 Å². The van der Waals surface area contributed by atoms with Gasteiger partial charge in [-0.15, -0.1) is 0 Å². The summed E-state index contributed by atoms with van der Waals surface area (Å²) in [6.45, 7) is 0. The largest absolute Gasteiger partial charge is 0.350 e. The third kappa shape index (κ3) is 3.92. The van der Waals surface area contributed by atoms with Gasteiger partial charge in [0.25, 0.3) is 11.6 Å². The number of benzene rings is 3. The molecule has 0 saturated carbocycles. The minimum Gasteiger partial charge on any atom is -0.350 e. The minimum absolute atomic E-state index is 0.0122. The molecular weight excluding hydrogens is 404 g/mol. The van der Waals surface area contributed by atoms with Gasteiger partial charge in [0.2, 0.25) is 0 Å². The van der Waals surface area contributed by atoms with Crippen LogP contribution in [0.15, 0.2) is 77.9 Å². The van der Waals surface area contributed by atoms with Crippen LogP contribution in [0.1, 0.15) is 16.1 Å². The molecule has 0 saturated heterocycles. The van der Waals surface area contributed by atoms with Gasteiger partial charge in [0.1, 0.15) is 5.69 Å². The number of fused-ring (bicyclic) bond motifs is 1. The van der Waals surface area contributed by atoms with Crippen LogP contribution in [-0.4, -0.2) is 22.0 Å². The highest BCUT2D eigenvalue weighted by atomic mass is 35.5. The summed E-state index contributed by atoms with van der Waals surface area (Å²) in [5.74, 6) is -0.408. The summed E-state index contributed by atoms with van der Waals surface area (Å²) in [4.78, 5) is 26.2. The van der Waals surface area contributed by atoms with E-state index in [0.29, 0.717) is 16.3 Å². The van der Waals surface area contributed by atoms with E-state index in [4.69, 9.17) is 11.6 Å². The van der Waals surface area contributed by atoms with Gasteiger partial charge in [0.15, 0.2) is 0 Å². The topological polar surface area (TPSA) is 100 Å². The molecule has 30 heavy (non-hydrogen) atoms. The van der Waals surface area contributed by atoms with Gasteiger partial charge in [-0.25, -0.2) is 5.43 Å². The highest BCUT2D eigenvalue weighted by Gasteiger charge is 2.18. The van der Waals surface area contributed by atoms with Crippen LogP contribution in [-0.2, 0) is 0 Å². The lowest BCUT2D eigenvalue weighted by molar-refractivity contribution is -0.384. The number of nitrogens with zero attached hydrogens (tertiary/aromatic N) is 2. The minimum atomic E-state index is -0.475. The molecule has 4 rings (SSSR count). The summed E-state index contributed by atoms with van der Waals surface area (Å²) in [7, 11) is 0. The number of hydrogen-bond acceptors (Lipinski definition) is 4. The van der Waals surface area contributed by atoms with Crippen molar-refractivity contribution in [3.8, 4) is 11.1 Å². The third-order valence-electron chi connectivity index (χ3n) is 4.55. The number of carbonyl (C=O) groups is 1. The Morgan fingerprint density at radius 1 is 1.03 bits per heavy atom. The lowest BCUT2D eigenvalue weighted by Crippen LogP contribution is -2.18. The van der Waals surface area contributed by atoms with Crippen molar-refractivity contribution in [2.24, 2.45) is 5.10 Å². The van der Waals surface area contributed by atoms with Crippen LogP contribution in [0.4, 0.5) is 5.69 Å². The van der Waals surface area contributed by atoms with Gasteiger partial charge >= 0.3 is 0 Å². The molecule has 0 aliphatic carbocycles. The number of amides is 1. The second-order valence-electron chi connectivity index (χ2n) is 6.48. The summed E-state index contributed by atoms with van der Waals surface area (Å²) in [5.41, 5.74) is 5.92. The summed E-state index contributed by atoms with van der Waals surface area (Å²) in [6, 6.07) is 20.7. The molecule has 0 unspecified atom stereocenters. The van der Waals surface area contributed by atoms with Gasteiger partial charge < -0.3 is 4.98 Å². The molecule has 2 N–H and O–H groups in total. The zero-order valence-electron chi connectivity index (χ0n) is 15.5. The van der Waals surface area contributed by atoms with E-state index in [-0.39, 0.29) is 5.69 Å². The van der Waals surface area contributed by atoms with E-state index in [1.807, 2.05) is 36.4 Å². The smallest absolute Gasteiger partial charge is 0.288 e. The quantitative estimate of drug-likeness (QED) is 0.266. The zero-order chi connectivity index (χ0) is 21.1. The predicted molar refractivity (Wildman–Crippen MR) is 117 cm³/mol. The fourth-order valence-electron chi connectivity index (χ4n) is 3.13. The second kappa shape index (κ2) is 8.18. The van der Waals surface area contributed by atoms with Crippen molar-refractivity contribution < 1.29 is 9.72 Å². The first-order valence-corrected chi connectivity index (χ1v) is 9.35. The molecule has 3 aromatic carbocycles. The highest BCUT2D eigenvalue weighted by Crippen LogP contribution is 2.33. The molecule has 4 aromatic rings. The summed E-state index contributed by atoms with van der Waals surface area (Å²) >= 11 is 6.00. The maximum absolute atomic E-state index is 12.8. The number of nitro groups is 1. The molecule has 0 spiro atoms. The van der Waals surface area contributed by atoms with Crippen molar-refractivity contribution in [1.82, 2.24) is 10.4 Å². The van der Waals surface area contributed by atoms with Crippen molar-refractivity contribution in [3.63, 3.8) is 0 Å². The first-order valence-electron chi connectivity index (χ1n) is 8.97. The van der Waals surface area contributed by atoms with Crippen molar-refractivity contribution >= 4 is 40.3 Å². The lowest BCUT2D eigenvalue weighted by Gasteiger charge is -2.05. The Kier molecular flexibility index (Phi) is 5.28. The van der Waals surface area contributed by atoms with Gasteiger partial charge in [-0.1, -0.05) is 41.9 Å². The molecule has 0 radical (unpaired) electrons. The third-order valence-corrected chi connectivity index (χ3v) is 4.80. The van der Waals surface area contributed by atoms with E-state index in [2.05, 4.69) is 15.5 Å². The summed E-state index contributed by atoms with van der Waals surface area (Å²) in [5, 5.41) is 16.2. The Morgan fingerprint density at radius 2 is 1.73 bits per heavy atom. The summed E-state index contributed by atoms with van der Waals surface area (Å²) < 4.78 is 0. The summed E-state index contributed by atoms with van der Waals surface area (Å²) in [6.07, 6.45) is 1.42. The van der Waals surface area contributed by atoms with E-state index < -0.39 is 10.8 Å². The van der Waals surface area contributed by atoms with E-state index in [0.717, 1.165) is 22.0 Å². The molecule has 0 fully saturated rings. The van der Waals surface area contributed by atoms with Crippen LogP contribution in [0.25, 0.3) is 22.0 Å². The van der Waals surface area contributed by atoms with E-state index in [1.54, 1.807) is 24.3 Å². The van der Waals surface area contributed by atoms with Gasteiger partial charge in [0.05, 0.1) is 11.1 Å². The maximum Gasteiger partial charge on any atom is 0.288 e. The lowest BCUT2D eigenvalue weighted by atomic mass is 10.0. The van der Waals surface area contributed by atoms with Crippen LogP contribution in [0, 0.1) is 10.1 Å². The second-order valence-corrected chi connectivity index (χ2v) is 6.91. The molecular formula is C22H15ClN4O3. The van der Waals surface area contributed by atoms with Crippen LogP contribution in [0.3, 0.4) is 0 Å². The van der Waals surface area contributed by atoms with Gasteiger partial charge in [0, 0.05) is 33.6 Å². The standard InChI is InChI=1S/C22H15ClN4O3/c23-16-9-7-15(8-10-16)20-18-3-1-2-4-19(18)25-21(20)22(28)26-24-13-14-5-11-17(12-6-14)27(29)30/h1-13,25H,(H,26,28)/b24-13-. The SMILES string of the molecule is O=C(N/N=C\c1ccc([N+](=O)[O-])cc1)c1[nH]c2ccccc2c1-c1ccc(Cl)cc1. The Morgan fingerprint density at radius 3 is 2.43 bits per heavy atom. The molecule has 8 heteroatoms. The first-order chi connectivity index (χ1) is 14.5. The molecule has 1 aromatic heterocycles. The Bertz CT molecular complexity index is 1260. The first kappa shape index (κ1) is 19.4. The number of H-pyrrole nitrogens is 1. The van der Waals surface area contributed by atoms with E-state index in [1.165, 1.54) is 18.3 Å². The van der Waals surface area contributed by atoms with Crippen molar-refractivity contribution in [1.29, 1.82) is 0 Å². The monoisotopic (exact) mass is 418 g/mol. The highest BCUT2D eigenvalue weighted by molar-refractivity contribution is 6.30. The average Bonchev–Trinajstić information content (AvgIpc) is 3.14. The number of carbonyl (C=O) groups excluding carboxylic acids is 1. The number of halogens is 1. The fraction of sp³-hybridized carbons (Fsp3) is 0. The number of nitro benzene ring substituents is 1. The molecule has 0 aliphatic rings. The molecule has 0 aliphatic heterocycles. The van der Waals surface area contributed by atoms with Gasteiger partial charge in [-0.3, -0.25) is 14.9 Å². The number of aromatic amines is 1. The van der Waals surface area contributed by atoms with E-state index >= 15 is 0 Å². The van der Waals surface area contributed by atoms with Crippen LogP contribution in [0.2, 0.25) is 5.02 Å². The van der Waals surface area contributed by atoms with Crippen LogP contribution in [0.5, 0.6) is 0 Å². The molecule has 148 valence electrons. The Balaban J connectivity index is 1.62. The average molecular weight is 419 g/mol. The molecule has 1 heterocycles. The fourth-order valence-corrected chi connectivity index (χ4v) is 3.26. The van der Waals surface area contributed by atoms with Gasteiger partial charge in [-0.05, 0) is 41.5 Å². The maximum atomic E-state index is 12.8. The number of hydrogen-bond donors (Lipinski definition) is 2. The number of rotatable bonds is 5. The van der Waals surface area contributed by atoms with Crippen molar-refractivity contribution in [2.45, 2.75) is 0 Å². The van der Waals surface area contributed by atoms with Crippen molar-refractivity contribution in [2.75, 3.05) is 0 Å². The van der Waals surface area contributed by atoms with Crippen LogP contribution < -0.4 is 5.43 Å². The zero-order valence-corrected chi connectivity index (χ0v) is 16.3. The molecule has 0 atom stereocenters. The number of para-hydroxylation sites is 1. The Labute approximate surface area is 176 Å². The van der Waals surface area contributed by atoms with Gasteiger partial charge in [-0.2, -0.15) is 5.10 Å². The molecule has 7 nitrogen and oxygen atoms in total. The number of nitrogens with one attached hydrogen (secondary N) is 2. The van der Waals surface area contributed by atoms with Crippen molar-refractivity contribution in [3.05, 3.63) is 99.2 Å². The molecule has 1 amide bonds. The number of aromatic nitrogens is 1.